The molecule has 0 saturated carbocycles. The Labute approximate surface area is 188 Å². The van der Waals surface area contributed by atoms with Crippen LogP contribution in [0.15, 0.2) is 58.4 Å². The van der Waals surface area contributed by atoms with Crippen LogP contribution in [0.25, 0.3) is 0 Å². The molecule has 0 atom stereocenters. The van der Waals surface area contributed by atoms with Crippen molar-refractivity contribution in [2.75, 3.05) is 32.0 Å². The minimum absolute atomic E-state index is 0.000685. The Kier molecular flexibility index (Phi) is 11.3. The Morgan fingerprint density at radius 1 is 1.06 bits per heavy atom. The number of carbonyl (C=O) groups is 1. The Balaban J connectivity index is 1.77. The van der Waals surface area contributed by atoms with Gasteiger partial charge in [-0.1, -0.05) is 12.1 Å². The molecule has 0 radical (unpaired) electrons. The first-order valence-electron chi connectivity index (χ1n) is 10.5. The first kappa shape index (κ1) is 24.5. The average Bonchev–Trinajstić information content (AvgIpc) is 2.77. The molecule has 0 fully saturated rings. The third-order valence-electron chi connectivity index (χ3n) is 4.10. The van der Waals surface area contributed by atoms with E-state index >= 15 is 0 Å². The third kappa shape index (κ3) is 10.2. The SMILES string of the molecule is CCNC(=O)COc1cccc(CN=C(NCC)NCCCSc2ccc(F)cc2)c1. The number of ether oxygens (including phenoxy) is 1. The van der Waals surface area contributed by atoms with Gasteiger partial charge in [0.15, 0.2) is 12.6 Å². The molecule has 3 N–H and O–H groups in total. The van der Waals surface area contributed by atoms with E-state index in [9.17, 15) is 9.18 Å². The van der Waals surface area contributed by atoms with Gasteiger partial charge in [0.25, 0.3) is 5.91 Å². The Morgan fingerprint density at radius 3 is 2.58 bits per heavy atom. The number of likely N-dealkylation sites (N-methyl/N-ethyl adjacent to an activating group) is 1. The summed E-state index contributed by atoms with van der Waals surface area (Å²) in [4.78, 5) is 17.2. The Morgan fingerprint density at radius 2 is 1.84 bits per heavy atom. The second kappa shape index (κ2) is 14.3. The zero-order valence-electron chi connectivity index (χ0n) is 18.1. The molecule has 0 aliphatic rings. The molecule has 0 unspecified atom stereocenters. The van der Waals surface area contributed by atoms with Gasteiger partial charge in [-0.15, -0.1) is 11.8 Å². The highest BCUT2D eigenvalue weighted by molar-refractivity contribution is 7.99. The van der Waals surface area contributed by atoms with Gasteiger partial charge in [-0.25, -0.2) is 9.38 Å². The third-order valence-corrected chi connectivity index (χ3v) is 5.20. The van der Waals surface area contributed by atoms with E-state index in [1.54, 1.807) is 23.9 Å². The molecular formula is C23H31FN4O2S. The fourth-order valence-electron chi connectivity index (χ4n) is 2.64. The van der Waals surface area contributed by atoms with E-state index in [0.29, 0.717) is 18.8 Å². The van der Waals surface area contributed by atoms with Crippen LogP contribution < -0.4 is 20.7 Å². The number of thioether (sulfide) groups is 1. The molecule has 0 heterocycles. The summed E-state index contributed by atoms with van der Waals surface area (Å²) in [5.74, 6) is 1.99. The summed E-state index contributed by atoms with van der Waals surface area (Å²) in [5.41, 5.74) is 0.998. The number of hydrogen-bond acceptors (Lipinski definition) is 4. The standard InChI is InChI=1S/C23H31FN4O2S/c1-3-25-22(29)17-30-20-8-5-7-18(15-20)16-28-23(26-4-2)27-13-6-14-31-21-11-9-19(24)10-12-21/h5,7-12,15H,3-4,6,13-14,16-17H2,1-2H3,(H,25,29)(H2,26,27,28). The Hall–Kier alpha value is -2.74. The quantitative estimate of drug-likeness (QED) is 0.201. The number of guanidine groups is 1. The molecule has 0 aliphatic carbocycles. The van der Waals surface area contributed by atoms with Crippen molar-refractivity contribution in [2.24, 2.45) is 4.99 Å². The van der Waals surface area contributed by atoms with Gasteiger partial charge < -0.3 is 20.7 Å². The van der Waals surface area contributed by atoms with Crippen LogP contribution in [-0.4, -0.2) is 43.9 Å². The summed E-state index contributed by atoms with van der Waals surface area (Å²) in [6.45, 7) is 6.54. The number of nitrogens with one attached hydrogen (secondary N) is 3. The summed E-state index contributed by atoms with van der Waals surface area (Å²) >= 11 is 1.71. The van der Waals surface area contributed by atoms with Crippen molar-refractivity contribution in [2.45, 2.75) is 31.7 Å². The van der Waals surface area contributed by atoms with E-state index in [-0.39, 0.29) is 18.3 Å². The van der Waals surface area contributed by atoms with Crippen LogP contribution in [0.1, 0.15) is 25.8 Å². The van der Waals surface area contributed by atoms with Crippen molar-refractivity contribution in [1.82, 2.24) is 16.0 Å². The lowest BCUT2D eigenvalue weighted by Crippen LogP contribution is -2.37. The summed E-state index contributed by atoms with van der Waals surface area (Å²) in [6.07, 6.45) is 0.954. The molecular weight excluding hydrogens is 415 g/mol. The van der Waals surface area contributed by atoms with Crippen LogP contribution >= 0.6 is 11.8 Å². The molecule has 6 nitrogen and oxygen atoms in total. The molecule has 1 amide bonds. The number of benzene rings is 2. The lowest BCUT2D eigenvalue weighted by Gasteiger charge is -2.12. The fourth-order valence-corrected chi connectivity index (χ4v) is 3.50. The van der Waals surface area contributed by atoms with Gasteiger partial charge in [-0.2, -0.15) is 0 Å². The van der Waals surface area contributed by atoms with Gasteiger partial charge >= 0.3 is 0 Å². The van der Waals surface area contributed by atoms with Crippen LogP contribution in [0.4, 0.5) is 4.39 Å². The highest BCUT2D eigenvalue weighted by Gasteiger charge is 2.03. The number of nitrogens with zero attached hydrogens (tertiary/aromatic N) is 1. The molecule has 0 aliphatic heterocycles. The van der Waals surface area contributed by atoms with Crippen molar-refractivity contribution in [1.29, 1.82) is 0 Å². The second-order valence-electron chi connectivity index (χ2n) is 6.67. The highest BCUT2D eigenvalue weighted by Crippen LogP contribution is 2.18. The monoisotopic (exact) mass is 446 g/mol. The lowest BCUT2D eigenvalue weighted by molar-refractivity contribution is -0.122. The number of carbonyl (C=O) groups excluding carboxylic acids is 1. The minimum Gasteiger partial charge on any atom is -0.484 e. The van der Waals surface area contributed by atoms with Gasteiger partial charge in [0, 0.05) is 24.5 Å². The predicted octanol–water partition coefficient (Wildman–Crippen LogP) is 3.58. The zero-order chi connectivity index (χ0) is 22.3. The van der Waals surface area contributed by atoms with E-state index in [2.05, 4.69) is 20.9 Å². The van der Waals surface area contributed by atoms with E-state index in [1.165, 1.54) is 12.1 Å². The molecule has 0 spiro atoms. The lowest BCUT2D eigenvalue weighted by atomic mass is 10.2. The van der Waals surface area contributed by atoms with Gasteiger partial charge in [0.05, 0.1) is 6.54 Å². The number of aliphatic imine (C=N–C) groups is 1. The van der Waals surface area contributed by atoms with Crippen LogP contribution in [-0.2, 0) is 11.3 Å². The van der Waals surface area contributed by atoms with Gasteiger partial charge in [0.2, 0.25) is 0 Å². The predicted molar refractivity (Wildman–Crippen MR) is 125 cm³/mol. The molecule has 0 aromatic heterocycles. The summed E-state index contributed by atoms with van der Waals surface area (Å²) in [6, 6.07) is 14.2. The number of halogens is 1. The first-order chi connectivity index (χ1) is 15.1. The molecule has 0 bridgehead atoms. The van der Waals surface area contributed by atoms with E-state index in [1.807, 2.05) is 38.1 Å². The Bertz CT molecular complexity index is 831. The molecule has 168 valence electrons. The van der Waals surface area contributed by atoms with Gasteiger partial charge in [-0.05, 0) is 68.0 Å². The normalized spacial score (nSPS) is 11.1. The van der Waals surface area contributed by atoms with Crippen LogP contribution in [0.2, 0.25) is 0 Å². The van der Waals surface area contributed by atoms with E-state index in [0.717, 1.165) is 41.7 Å². The average molecular weight is 447 g/mol. The zero-order valence-corrected chi connectivity index (χ0v) is 18.9. The smallest absolute Gasteiger partial charge is 0.257 e. The number of rotatable bonds is 12. The van der Waals surface area contributed by atoms with Gasteiger partial charge in [0.1, 0.15) is 11.6 Å². The van der Waals surface area contributed by atoms with Gasteiger partial charge in [-0.3, -0.25) is 4.79 Å². The maximum absolute atomic E-state index is 12.9. The van der Waals surface area contributed by atoms with Crippen LogP contribution in [0, 0.1) is 5.82 Å². The minimum atomic E-state index is -0.211. The largest absolute Gasteiger partial charge is 0.484 e. The molecule has 8 heteroatoms. The fraction of sp³-hybridized carbons (Fsp3) is 0.391. The van der Waals surface area contributed by atoms with Crippen molar-refractivity contribution < 1.29 is 13.9 Å². The number of hydrogen-bond donors (Lipinski definition) is 3. The molecule has 2 rings (SSSR count). The molecule has 0 saturated heterocycles. The van der Waals surface area contributed by atoms with Crippen molar-refractivity contribution in [3.8, 4) is 5.75 Å². The number of amides is 1. The van der Waals surface area contributed by atoms with Crippen LogP contribution in [0.5, 0.6) is 5.75 Å². The first-order valence-corrected chi connectivity index (χ1v) is 11.5. The van der Waals surface area contributed by atoms with Crippen LogP contribution in [0.3, 0.4) is 0 Å². The maximum Gasteiger partial charge on any atom is 0.257 e. The summed E-state index contributed by atoms with van der Waals surface area (Å²) in [7, 11) is 0. The summed E-state index contributed by atoms with van der Waals surface area (Å²) in [5, 5.41) is 9.28. The maximum atomic E-state index is 12.9. The molecule has 31 heavy (non-hydrogen) atoms. The highest BCUT2D eigenvalue weighted by atomic mass is 32.2. The second-order valence-corrected chi connectivity index (χ2v) is 7.84. The van der Waals surface area contributed by atoms with Crippen molar-refractivity contribution >= 4 is 23.6 Å². The van der Waals surface area contributed by atoms with E-state index < -0.39 is 0 Å². The van der Waals surface area contributed by atoms with E-state index in [4.69, 9.17) is 4.74 Å². The summed E-state index contributed by atoms with van der Waals surface area (Å²) < 4.78 is 18.5. The topological polar surface area (TPSA) is 74.8 Å². The molecule has 2 aromatic carbocycles. The van der Waals surface area contributed by atoms with Crippen molar-refractivity contribution in [3.05, 3.63) is 59.9 Å². The van der Waals surface area contributed by atoms with Crippen molar-refractivity contribution in [3.63, 3.8) is 0 Å². The molecule has 2 aromatic rings.